The number of rotatable bonds is 10. The molecule has 1 amide bonds. The number of carbonyl (C=O) groups excluding carboxylic acids is 1. The fraction of sp³-hybridized carbons (Fsp3) is 0.440. The number of amides is 1. The summed E-state index contributed by atoms with van der Waals surface area (Å²) < 4.78 is 8.02. The van der Waals surface area contributed by atoms with Gasteiger partial charge in [0.25, 0.3) is 5.91 Å². The van der Waals surface area contributed by atoms with Gasteiger partial charge in [-0.25, -0.2) is 4.98 Å². The van der Waals surface area contributed by atoms with Crippen molar-refractivity contribution in [3.8, 4) is 5.75 Å². The summed E-state index contributed by atoms with van der Waals surface area (Å²) >= 11 is 0. The Labute approximate surface area is 179 Å². The van der Waals surface area contributed by atoms with Crippen molar-refractivity contribution in [2.75, 3.05) is 13.2 Å². The lowest BCUT2D eigenvalue weighted by atomic mass is 10.1. The van der Waals surface area contributed by atoms with Crippen LogP contribution in [0.3, 0.4) is 0 Å². The molecule has 30 heavy (non-hydrogen) atoms. The second-order valence-corrected chi connectivity index (χ2v) is 8.15. The molecular weight excluding hydrogens is 374 g/mol. The van der Waals surface area contributed by atoms with Crippen LogP contribution < -0.4 is 10.1 Å². The zero-order valence-corrected chi connectivity index (χ0v) is 18.6. The van der Waals surface area contributed by atoms with E-state index < -0.39 is 0 Å². The quantitative estimate of drug-likeness (QED) is 0.490. The number of fused-ring (bicyclic) bond motifs is 1. The van der Waals surface area contributed by atoms with Crippen LogP contribution in [0.25, 0.3) is 11.0 Å². The van der Waals surface area contributed by atoms with Gasteiger partial charge in [0, 0.05) is 19.5 Å². The molecule has 0 aliphatic heterocycles. The molecule has 0 spiro atoms. The van der Waals surface area contributed by atoms with Gasteiger partial charge in [0.2, 0.25) is 0 Å². The number of carbonyl (C=O) groups is 1. The molecule has 0 saturated heterocycles. The van der Waals surface area contributed by atoms with Crippen LogP contribution >= 0.6 is 0 Å². The highest BCUT2D eigenvalue weighted by Crippen LogP contribution is 2.20. The van der Waals surface area contributed by atoms with Crippen LogP contribution in [0, 0.1) is 19.8 Å². The van der Waals surface area contributed by atoms with Gasteiger partial charge in [-0.3, -0.25) is 4.79 Å². The van der Waals surface area contributed by atoms with Gasteiger partial charge in [0.15, 0.2) is 6.61 Å². The maximum Gasteiger partial charge on any atom is 0.257 e. The molecule has 0 radical (unpaired) electrons. The predicted octanol–water partition coefficient (Wildman–Crippen LogP) is 4.83. The second kappa shape index (κ2) is 10.3. The summed E-state index contributed by atoms with van der Waals surface area (Å²) in [6.45, 7) is 10.1. The highest BCUT2D eigenvalue weighted by atomic mass is 16.5. The highest BCUT2D eigenvalue weighted by Gasteiger charge is 2.12. The maximum absolute atomic E-state index is 12.2. The standard InChI is InChI=1S/C25H33N3O2/c1-5-18(2)16-28-22-10-7-6-9-21(22)27-24(28)11-8-14-26-25(29)17-30-23-15-19(3)12-13-20(23)4/h6-7,9-10,12-13,15,18H,5,8,11,14,16-17H2,1-4H3,(H,26,29). The Morgan fingerprint density at radius 2 is 2.00 bits per heavy atom. The van der Waals surface area contributed by atoms with Gasteiger partial charge >= 0.3 is 0 Å². The van der Waals surface area contributed by atoms with E-state index >= 15 is 0 Å². The van der Waals surface area contributed by atoms with E-state index in [1.165, 1.54) is 5.52 Å². The van der Waals surface area contributed by atoms with Crippen molar-refractivity contribution in [1.82, 2.24) is 14.9 Å². The Morgan fingerprint density at radius 1 is 1.20 bits per heavy atom. The molecule has 2 aromatic carbocycles. The van der Waals surface area contributed by atoms with E-state index in [-0.39, 0.29) is 12.5 Å². The number of benzene rings is 2. The number of nitrogens with one attached hydrogen (secondary N) is 1. The van der Waals surface area contributed by atoms with Gasteiger partial charge in [-0.05, 0) is 55.5 Å². The van der Waals surface area contributed by atoms with Gasteiger partial charge in [-0.2, -0.15) is 0 Å². The number of ether oxygens (including phenoxy) is 1. The van der Waals surface area contributed by atoms with Crippen molar-refractivity contribution in [2.45, 2.75) is 53.5 Å². The SMILES string of the molecule is CCC(C)Cn1c(CCCNC(=O)COc2cc(C)ccc2C)nc2ccccc21. The lowest BCUT2D eigenvalue weighted by molar-refractivity contribution is -0.123. The smallest absolute Gasteiger partial charge is 0.257 e. The van der Waals surface area contributed by atoms with Gasteiger partial charge in [-0.1, -0.05) is 44.5 Å². The van der Waals surface area contributed by atoms with Crippen LogP contribution in [0.4, 0.5) is 0 Å². The monoisotopic (exact) mass is 407 g/mol. The van der Waals surface area contributed by atoms with E-state index in [0.717, 1.165) is 54.0 Å². The Kier molecular flexibility index (Phi) is 7.50. The van der Waals surface area contributed by atoms with E-state index in [1.807, 2.05) is 38.1 Å². The molecule has 0 aliphatic carbocycles. The third-order valence-corrected chi connectivity index (χ3v) is 5.53. The summed E-state index contributed by atoms with van der Waals surface area (Å²) in [4.78, 5) is 17.0. The predicted molar refractivity (Wildman–Crippen MR) is 122 cm³/mol. The number of aromatic nitrogens is 2. The van der Waals surface area contributed by atoms with E-state index in [2.05, 4.69) is 41.9 Å². The van der Waals surface area contributed by atoms with Crippen LogP contribution in [-0.2, 0) is 17.8 Å². The molecule has 1 heterocycles. The van der Waals surface area contributed by atoms with Gasteiger partial charge in [0.05, 0.1) is 11.0 Å². The molecule has 160 valence electrons. The van der Waals surface area contributed by atoms with Crippen LogP contribution in [0.1, 0.15) is 43.6 Å². The summed E-state index contributed by atoms with van der Waals surface area (Å²) in [5.41, 5.74) is 4.39. The molecule has 0 fully saturated rings. The molecule has 5 nitrogen and oxygen atoms in total. The van der Waals surface area contributed by atoms with Crippen LogP contribution in [0.2, 0.25) is 0 Å². The van der Waals surface area contributed by atoms with E-state index in [1.54, 1.807) is 0 Å². The topological polar surface area (TPSA) is 56.2 Å². The van der Waals surface area contributed by atoms with Crippen molar-refractivity contribution in [2.24, 2.45) is 5.92 Å². The van der Waals surface area contributed by atoms with Crippen molar-refractivity contribution in [1.29, 1.82) is 0 Å². The second-order valence-electron chi connectivity index (χ2n) is 8.15. The minimum absolute atomic E-state index is 0.0385. The maximum atomic E-state index is 12.2. The zero-order chi connectivity index (χ0) is 21.5. The summed E-state index contributed by atoms with van der Waals surface area (Å²) in [6.07, 6.45) is 2.82. The largest absolute Gasteiger partial charge is 0.483 e. The van der Waals surface area contributed by atoms with Gasteiger partial charge in [-0.15, -0.1) is 0 Å². The Morgan fingerprint density at radius 3 is 2.80 bits per heavy atom. The van der Waals surface area contributed by atoms with Gasteiger partial charge in [0.1, 0.15) is 11.6 Å². The number of nitrogens with zero attached hydrogens (tertiary/aromatic N) is 2. The fourth-order valence-corrected chi connectivity index (χ4v) is 3.49. The molecule has 1 N–H and O–H groups in total. The number of para-hydroxylation sites is 2. The molecule has 3 aromatic rings. The average molecular weight is 408 g/mol. The average Bonchev–Trinajstić information content (AvgIpc) is 3.09. The first-order chi connectivity index (χ1) is 14.5. The van der Waals surface area contributed by atoms with Crippen molar-refractivity contribution in [3.05, 3.63) is 59.4 Å². The third kappa shape index (κ3) is 5.62. The number of hydrogen-bond acceptors (Lipinski definition) is 3. The molecule has 0 aliphatic rings. The highest BCUT2D eigenvalue weighted by molar-refractivity contribution is 5.77. The first-order valence-corrected chi connectivity index (χ1v) is 10.9. The first kappa shape index (κ1) is 21.9. The summed E-state index contributed by atoms with van der Waals surface area (Å²) in [5, 5.41) is 2.96. The molecule has 1 unspecified atom stereocenters. The molecule has 1 aromatic heterocycles. The van der Waals surface area contributed by atoms with Crippen LogP contribution in [-0.4, -0.2) is 28.6 Å². The summed E-state index contributed by atoms with van der Waals surface area (Å²) in [6, 6.07) is 14.3. The lowest BCUT2D eigenvalue weighted by Gasteiger charge is -2.14. The summed E-state index contributed by atoms with van der Waals surface area (Å²) in [5.74, 6) is 2.37. The van der Waals surface area contributed by atoms with Crippen LogP contribution in [0.15, 0.2) is 42.5 Å². The molecular formula is C25H33N3O2. The van der Waals surface area contributed by atoms with Crippen molar-refractivity contribution < 1.29 is 9.53 Å². The molecule has 3 rings (SSSR count). The number of hydrogen-bond donors (Lipinski definition) is 1. The van der Waals surface area contributed by atoms with E-state index in [9.17, 15) is 4.79 Å². The minimum Gasteiger partial charge on any atom is -0.483 e. The normalized spacial score (nSPS) is 12.1. The molecule has 0 saturated carbocycles. The zero-order valence-electron chi connectivity index (χ0n) is 18.6. The molecule has 5 heteroatoms. The fourth-order valence-electron chi connectivity index (χ4n) is 3.49. The van der Waals surface area contributed by atoms with Crippen molar-refractivity contribution >= 4 is 16.9 Å². The Hall–Kier alpha value is -2.82. The third-order valence-electron chi connectivity index (χ3n) is 5.53. The van der Waals surface area contributed by atoms with E-state index in [4.69, 9.17) is 9.72 Å². The van der Waals surface area contributed by atoms with Gasteiger partial charge < -0.3 is 14.6 Å². The van der Waals surface area contributed by atoms with Crippen LogP contribution in [0.5, 0.6) is 5.75 Å². The minimum atomic E-state index is -0.0935. The van der Waals surface area contributed by atoms with E-state index in [0.29, 0.717) is 12.5 Å². The Balaban J connectivity index is 1.51. The number of aryl methyl sites for hydroxylation is 3. The molecule has 1 atom stereocenters. The Bertz CT molecular complexity index is 993. The molecule has 0 bridgehead atoms. The lowest BCUT2D eigenvalue weighted by Crippen LogP contribution is -2.30. The van der Waals surface area contributed by atoms with Crippen molar-refractivity contribution in [3.63, 3.8) is 0 Å². The number of imidazole rings is 1. The first-order valence-electron chi connectivity index (χ1n) is 10.9. The summed E-state index contributed by atoms with van der Waals surface area (Å²) in [7, 11) is 0.